The second-order valence-electron chi connectivity index (χ2n) is 1.85. The fraction of sp³-hybridized carbons (Fsp3) is 0. The van der Waals surface area contributed by atoms with Gasteiger partial charge in [-0.15, -0.1) is 12.4 Å². The van der Waals surface area contributed by atoms with Gasteiger partial charge in [0, 0.05) is 12.1 Å². The van der Waals surface area contributed by atoms with Crippen LogP contribution >= 0.6 is 12.4 Å². The highest BCUT2D eigenvalue weighted by molar-refractivity contribution is 5.85. The number of benzene rings is 1. The largest absolute Gasteiger partial charge is 0.461 e. The maximum absolute atomic E-state index is 10.2. The van der Waals surface area contributed by atoms with Gasteiger partial charge in [0.2, 0.25) is 5.39 Å². The molecule has 0 spiro atoms. The lowest BCUT2D eigenvalue weighted by Crippen LogP contribution is -1.86. The molecule has 0 saturated carbocycles. The van der Waals surface area contributed by atoms with E-state index in [1.165, 1.54) is 18.2 Å². The molecule has 0 amide bonds. The lowest BCUT2D eigenvalue weighted by molar-refractivity contribution is -0.383. The van der Waals surface area contributed by atoms with Gasteiger partial charge in [-0.2, -0.15) is 0 Å². The Balaban J connectivity index is 0.00000121. The fourth-order valence-electron chi connectivity index (χ4n) is 0.703. The van der Waals surface area contributed by atoms with Crippen LogP contribution in [0.4, 0.5) is 11.4 Å². The molecule has 0 saturated heterocycles. The first kappa shape index (κ1) is 10.3. The molecule has 0 aliphatic heterocycles. The molecule has 1 aromatic rings. The van der Waals surface area contributed by atoms with E-state index in [2.05, 4.69) is 4.98 Å². The standard InChI is InChI=1S/C6H4N3O2.ClH/c7-8-5-3-1-2-4-6(5)9(10)11;/h1-4H;1H/q+1;. The molecule has 5 nitrogen and oxygen atoms in total. The van der Waals surface area contributed by atoms with Crippen LogP contribution in [0, 0.1) is 15.5 Å². The van der Waals surface area contributed by atoms with Crippen LogP contribution in [0.1, 0.15) is 0 Å². The van der Waals surface area contributed by atoms with Crippen molar-refractivity contribution in [3.63, 3.8) is 0 Å². The van der Waals surface area contributed by atoms with Crippen LogP contribution in [0.15, 0.2) is 24.3 Å². The van der Waals surface area contributed by atoms with Crippen LogP contribution in [0.2, 0.25) is 0 Å². The average Bonchev–Trinajstić information content (AvgIpc) is 2.04. The zero-order valence-corrected chi connectivity index (χ0v) is 6.69. The van der Waals surface area contributed by atoms with Gasteiger partial charge in [0.25, 0.3) is 0 Å². The van der Waals surface area contributed by atoms with Crippen molar-refractivity contribution in [1.82, 2.24) is 0 Å². The second kappa shape index (κ2) is 4.26. The number of nitro groups is 1. The molecule has 0 heterocycles. The highest BCUT2D eigenvalue weighted by atomic mass is 35.5. The summed E-state index contributed by atoms with van der Waals surface area (Å²) in [6.45, 7) is 0. The van der Waals surface area contributed by atoms with E-state index in [4.69, 9.17) is 5.39 Å². The number of nitro benzene ring substituents is 1. The van der Waals surface area contributed by atoms with Gasteiger partial charge in [0.05, 0.1) is 4.92 Å². The molecule has 0 radical (unpaired) electrons. The minimum atomic E-state index is -0.602. The van der Waals surface area contributed by atoms with E-state index >= 15 is 0 Å². The van der Waals surface area contributed by atoms with Gasteiger partial charge in [-0.3, -0.25) is 10.1 Å². The van der Waals surface area contributed by atoms with Crippen molar-refractivity contribution in [2.45, 2.75) is 0 Å². The van der Waals surface area contributed by atoms with Crippen molar-refractivity contribution in [2.24, 2.45) is 0 Å². The first-order valence-corrected chi connectivity index (χ1v) is 2.84. The molecular weight excluding hydrogens is 182 g/mol. The predicted molar refractivity (Wildman–Crippen MR) is 45.1 cm³/mol. The first-order chi connectivity index (χ1) is 5.25. The first-order valence-electron chi connectivity index (χ1n) is 2.84. The quantitative estimate of drug-likeness (QED) is 0.384. The Hall–Kier alpha value is -1.67. The molecule has 1 rings (SSSR count). The van der Waals surface area contributed by atoms with Crippen molar-refractivity contribution < 1.29 is 4.92 Å². The number of diazo groups is 1. The number of nitrogens with zero attached hydrogens (tertiary/aromatic N) is 3. The van der Waals surface area contributed by atoms with Gasteiger partial charge in [0.15, 0.2) is 4.98 Å². The van der Waals surface area contributed by atoms with Crippen molar-refractivity contribution >= 4 is 23.8 Å². The summed E-state index contributed by atoms with van der Waals surface area (Å²) in [5, 5.41) is 18.5. The molecule has 1 aromatic carbocycles. The van der Waals surface area contributed by atoms with Crippen LogP contribution in [-0.4, -0.2) is 4.92 Å². The average molecular weight is 187 g/mol. The Kier molecular flexibility index (Phi) is 3.67. The summed E-state index contributed by atoms with van der Waals surface area (Å²) in [6, 6.07) is 5.70. The maximum atomic E-state index is 10.2. The summed E-state index contributed by atoms with van der Waals surface area (Å²) in [5.41, 5.74) is -0.229. The monoisotopic (exact) mass is 186 g/mol. The van der Waals surface area contributed by atoms with Crippen LogP contribution in [0.3, 0.4) is 0 Å². The van der Waals surface area contributed by atoms with Crippen LogP contribution in [-0.2, 0) is 0 Å². The maximum Gasteiger partial charge on any atom is 0.461 e. The highest BCUT2D eigenvalue weighted by Gasteiger charge is 2.22. The summed E-state index contributed by atoms with van der Waals surface area (Å²) in [7, 11) is 0. The molecule has 0 aliphatic carbocycles. The van der Waals surface area contributed by atoms with Crippen molar-refractivity contribution in [2.75, 3.05) is 0 Å². The van der Waals surface area contributed by atoms with Crippen LogP contribution in [0.25, 0.3) is 4.98 Å². The molecule has 0 unspecified atom stereocenters. The van der Waals surface area contributed by atoms with Gasteiger partial charge in [-0.05, 0) is 0 Å². The topological polar surface area (TPSA) is 71.3 Å². The molecule has 0 fully saturated rings. The summed E-state index contributed by atoms with van der Waals surface area (Å²) in [6.07, 6.45) is 0. The van der Waals surface area contributed by atoms with Crippen LogP contribution < -0.4 is 0 Å². The molecule has 0 atom stereocenters. The van der Waals surface area contributed by atoms with Crippen LogP contribution in [0.5, 0.6) is 0 Å². The second-order valence-corrected chi connectivity index (χ2v) is 1.85. The lowest BCUT2D eigenvalue weighted by Gasteiger charge is -1.83. The van der Waals surface area contributed by atoms with E-state index in [1.54, 1.807) is 6.07 Å². The lowest BCUT2D eigenvalue weighted by atomic mass is 10.3. The van der Waals surface area contributed by atoms with E-state index in [1.807, 2.05) is 0 Å². The Morgan fingerprint density at radius 2 is 2.00 bits per heavy atom. The number of hydrogen-bond acceptors (Lipinski definition) is 3. The smallest absolute Gasteiger partial charge is 0.258 e. The van der Waals surface area contributed by atoms with Gasteiger partial charge in [0.1, 0.15) is 0 Å². The third kappa shape index (κ3) is 1.90. The van der Waals surface area contributed by atoms with Crippen molar-refractivity contribution in [3.8, 4) is 0 Å². The van der Waals surface area contributed by atoms with Gasteiger partial charge in [-0.1, -0.05) is 12.1 Å². The zero-order valence-electron chi connectivity index (χ0n) is 5.88. The Morgan fingerprint density at radius 1 is 1.42 bits per heavy atom. The predicted octanol–water partition coefficient (Wildman–Crippen LogP) is 2.50. The number of para-hydroxylation sites is 1. The van der Waals surface area contributed by atoms with Gasteiger partial charge >= 0.3 is 11.4 Å². The van der Waals surface area contributed by atoms with Crippen molar-refractivity contribution in [3.05, 3.63) is 39.4 Å². The zero-order chi connectivity index (χ0) is 8.27. The van der Waals surface area contributed by atoms with E-state index in [9.17, 15) is 10.1 Å². The molecular formula is C6H5ClN3O2+. The fourth-order valence-corrected chi connectivity index (χ4v) is 0.703. The third-order valence-corrected chi connectivity index (χ3v) is 1.19. The summed E-state index contributed by atoms with van der Waals surface area (Å²) >= 11 is 0. The van der Waals surface area contributed by atoms with Gasteiger partial charge < -0.3 is 0 Å². The Bertz CT molecular complexity index is 334. The molecule has 62 valence electrons. The molecule has 0 aromatic heterocycles. The van der Waals surface area contributed by atoms with Gasteiger partial charge in [-0.25, -0.2) is 0 Å². The Morgan fingerprint density at radius 3 is 2.42 bits per heavy atom. The summed E-state index contributed by atoms with van der Waals surface area (Å²) in [4.78, 5) is 12.4. The normalized spacial score (nSPS) is 7.92. The third-order valence-electron chi connectivity index (χ3n) is 1.19. The number of halogens is 1. The Labute approximate surface area is 74.2 Å². The molecule has 0 N–H and O–H groups in total. The minimum Gasteiger partial charge on any atom is -0.258 e. The number of rotatable bonds is 1. The summed E-state index contributed by atoms with van der Waals surface area (Å²) in [5.74, 6) is 0. The van der Waals surface area contributed by atoms with E-state index in [-0.39, 0.29) is 23.8 Å². The highest BCUT2D eigenvalue weighted by Crippen LogP contribution is 2.25. The van der Waals surface area contributed by atoms with Crippen molar-refractivity contribution in [1.29, 1.82) is 5.39 Å². The SMILES string of the molecule is Cl.N#[N+]c1ccccc1[N+](=O)[O-]. The minimum absolute atomic E-state index is 0. The molecule has 6 heteroatoms. The van der Waals surface area contributed by atoms with E-state index in [0.717, 1.165) is 0 Å². The molecule has 0 bridgehead atoms. The van der Waals surface area contributed by atoms with E-state index < -0.39 is 4.92 Å². The van der Waals surface area contributed by atoms with E-state index in [0.29, 0.717) is 0 Å². The molecule has 0 aliphatic rings. The summed E-state index contributed by atoms with van der Waals surface area (Å²) < 4.78 is 0. The molecule has 12 heavy (non-hydrogen) atoms. The number of hydrogen-bond donors (Lipinski definition) is 0.